The molecule has 1 aromatic heterocycles. The van der Waals surface area contributed by atoms with Gasteiger partial charge < -0.3 is 20.9 Å². The highest BCUT2D eigenvalue weighted by molar-refractivity contribution is 5.96. The number of amides is 1. The van der Waals surface area contributed by atoms with Crippen LogP contribution < -0.4 is 16.6 Å². The topological polar surface area (TPSA) is 182 Å². The number of aliphatic carboxylic acids is 1. The molecule has 0 bridgehead atoms. The molecule has 34 heavy (non-hydrogen) atoms. The van der Waals surface area contributed by atoms with Gasteiger partial charge in [0.1, 0.15) is 6.04 Å². The van der Waals surface area contributed by atoms with E-state index in [1.807, 2.05) is 6.07 Å². The summed E-state index contributed by atoms with van der Waals surface area (Å²) in [6, 6.07) is 10.7. The summed E-state index contributed by atoms with van der Waals surface area (Å²) >= 11 is 0. The summed E-state index contributed by atoms with van der Waals surface area (Å²) in [5.41, 5.74) is 7.89. The Morgan fingerprint density at radius 2 is 1.79 bits per heavy atom. The van der Waals surface area contributed by atoms with Gasteiger partial charge in [0, 0.05) is 12.0 Å². The van der Waals surface area contributed by atoms with Gasteiger partial charge in [0.25, 0.3) is 11.5 Å². The molecule has 0 unspecified atom stereocenters. The fourth-order valence-electron chi connectivity index (χ4n) is 3.34. The summed E-state index contributed by atoms with van der Waals surface area (Å²) in [5, 5.41) is 12.1. The first-order chi connectivity index (χ1) is 16.3. The largest absolute Gasteiger partial charge is 0.480 e. The lowest BCUT2D eigenvalue weighted by Crippen LogP contribution is -2.41. The van der Waals surface area contributed by atoms with Gasteiger partial charge in [0.05, 0.1) is 10.9 Å². The second-order valence-corrected chi connectivity index (χ2v) is 7.49. The van der Waals surface area contributed by atoms with E-state index in [1.165, 1.54) is 0 Å². The van der Waals surface area contributed by atoms with Gasteiger partial charge in [-0.2, -0.15) is 0 Å². The van der Waals surface area contributed by atoms with Crippen molar-refractivity contribution >= 4 is 41.2 Å². The number of benzene rings is 2. The molecule has 1 amide bonds. The summed E-state index contributed by atoms with van der Waals surface area (Å²) in [4.78, 5) is 63.8. The standard InChI is InChI=1S/C23H22N4O7/c24-23-26-17-8-5-14(11-16(17)21(31)27-23)2-1-13-3-6-15(7-4-13)20(30)25-18(22(32)33)9-10-19(29)34-12-28/h3-8,11-12,18H,1-2,9-10H2,(H,25,30)(H,32,33)(H3,24,26,27,31)/t18-/m0/s1. The van der Waals surface area contributed by atoms with Gasteiger partial charge in [0.2, 0.25) is 5.95 Å². The minimum absolute atomic E-state index is 0.0363. The predicted molar refractivity (Wildman–Crippen MR) is 121 cm³/mol. The molecule has 11 nitrogen and oxygen atoms in total. The van der Waals surface area contributed by atoms with Crippen molar-refractivity contribution in [2.75, 3.05) is 5.73 Å². The molecule has 176 valence electrons. The van der Waals surface area contributed by atoms with E-state index in [0.717, 1.165) is 11.1 Å². The van der Waals surface area contributed by atoms with Crippen molar-refractivity contribution in [2.45, 2.75) is 31.7 Å². The maximum Gasteiger partial charge on any atom is 0.326 e. The highest BCUT2D eigenvalue weighted by Crippen LogP contribution is 2.14. The number of fused-ring (bicyclic) bond motifs is 1. The lowest BCUT2D eigenvalue weighted by atomic mass is 10.0. The molecule has 1 heterocycles. The molecule has 3 rings (SSSR count). The fourth-order valence-corrected chi connectivity index (χ4v) is 3.34. The number of carboxylic acid groups (broad SMARTS) is 1. The van der Waals surface area contributed by atoms with Crippen LogP contribution in [0, 0.1) is 0 Å². The number of hydrogen-bond donors (Lipinski definition) is 4. The molecule has 0 aliphatic carbocycles. The number of nitrogens with one attached hydrogen (secondary N) is 2. The molecular weight excluding hydrogens is 444 g/mol. The molecule has 0 fully saturated rings. The van der Waals surface area contributed by atoms with Gasteiger partial charge in [-0.1, -0.05) is 18.2 Å². The molecule has 1 atom stereocenters. The van der Waals surface area contributed by atoms with Crippen molar-refractivity contribution in [2.24, 2.45) is 0 Å². The Balaban J connectivity index is 1.59. The van der Waals surface area contributed by atoms with Crippen molar-refractivity contribution in [3.05, 3.63) is 69.5 Å². The highest BCUT2D eigenvalue weighted by atomic mass is 16.6. The first-order valence-electron chi connectivity index (χ1n) is 10.3. The van der Waals surface area contributed by atoms with Gasteiger partial charge in [-0.3, -0.25) is 24.2 Å². The summed E-state index contributed by atoms with van der Waals surface area (Å²) < 4.78 is 4.11. The van der Waals surface area contributed by atoms with Gasteiger partial charge >= 0.3 is 18.4 Å². The predicted octanol–water partition coefficient (Wildman–Crippen LogP) is 0.953. The van der Waals surface area contributed by atoms with E-state index in [-0.39, 0.29) is 36.4 Å². The van der Waals surface area contributed by atoms with Gasteiger partial charge in [-0.15, -0.1) is 0 Å². The second kappa shape index (κ2) is 10.9. The van der Waals surface area contributed by atoms with E-state index in [0.29, 0.717) is 23.7 Å². The number of nitrogens with zero attached hydrogens (tertiary/aromatic N) is 1. The number of aromatic amines is 1. The molecule has 0 aliphatic heterocycles. The van der Waals surface area contributed by atoms with Crippen LogP contribution in [0.15, 0.2) is 47.3 Å². The van der Waals surface area contributed by atoms with Crippen molar-refractivity contribution in [3.63, 3.8) is 0 Å². The average Bonchev–Trinajstić information content (AvgIpc) is 2.80. The Morgan fingerprint density at radius 3 is 2.47 bits per heavy atom. The number of ether oxygens (including phenoxy) is 1. The number of H-pyrrole nitrogens is 1. The normalized spacial score (nSPS) is 11.5. The van der Waals surface area contributed by atoms with Crippen LogP contribution in [0.25, 0.3) is 10.9 Å². The van der Waals surface area contributed by atoms with Crippen molar-refractivity contribution in [1.82, 2.24) is 15.3 Å². The number of nitrogen functional groups attached to an aromatic ring is 1. The van der Waals surface area contributed by atoms with Gasteiger partial charge in [0.15, 0.2) is 0 Å². The molecule has 5 N–H and O–H groups in total. The van der Waals surface area contributed by atoms with Crippen LogP contribution in [0.1, 0.15) is 34.3 Å². The molecule has 0 saturated carbocycles. The Kier molecular flexibility index (Phi) is 7.70. The first-order valence-corrected chi connectivity index (χ1v) is 10.3. The van der Waals surface area contributed by atoms with E-state index in [2.05, 4.69) is 20.0 Å². The number of carboxylic acids is 1. The van der Waals surface area contributed by atoms with Crippen LogP contribution in [0.5, 0.6) is 0 Å². The van der Waals surface area contributed by atoms with Crippen LogP contribution >= 0.6 is 0 Å². The quantitative estimate of drug-likeness (QED) is 0.192. The number of rotatable bonds is 10. The Morgan fingerprint density at radius 1 is 1.12 bits per heavy atom. The number of carbonyl (C=O) groups excluding carboxylic acids is 3. The van der Waals surface area contributed by atoms with E-state index < -0.39 is 23.9 Å². The van der Waals surface area contributed by atoms with Gasteiger partial charge in [-0.05, 0) is 54.7 Å². The average molecular weight is 466 g/mol. The number of esters is 1. The Bertz CT molecular complexity index is 1280. The maximum atomic E-state index is 12.4. The number of aromatic nitrogens is 2. The second-order valence-electron chi connectivity index (χ2n) is 7.49. The number of carbonyl (C=O) groups is 4. The van der Waals surface area contributed by atoms with E-state index in [4.69, 9.17) is 5.73 Å². The maximum absolute atomic E-state index is 12.4. The third-order valence-electron chi connectivity index (χ3n) is 5.13. The number of nitrogens with two attached hydrogens (primary N) is 1. The number of aryl methyl sites for hydroxylation is 2. The number of hydrogen-bond acceptors (Lipinski definition) is 8. The minimum Gasteiger partial charge on any atom is -0.480 e. The zero-order valence-electron chi connectivity index (χ0n) is 17.9. The number of anilines is 1. The molecule has 0 saturated heterocycles. The summed E-state index contributed by atoms with van der Waals surface area (Å²) in [6.07, 6.45) is 0.731. The molecule has 0 radical (unpaired) electrons. The van der Waals surface area contributed by atoms with Crippen LogP contribution in [0.4, 0.5) is 5.95 Å². The van der Waals surface area contributed by atoms with Crippen LogP contribution in [-0.2, 0) is 32.0 Å². The van der Waals surface area contributed by atoms with Gasteiger partial charge in [-0.25, -0.2) is 9.78 Å². The molecule has 3 aromatic rings. The fraction of sp³-hybridized carbons (Fsp3) is 0.217. The van der Waals surface area contributed by atoms with E-state index in [9.17, 15) is 29.1 Å². The third-order valence-corrected chi connectivity index (χ3v) is 5.13. The smallest absolute Gasteiger partial charge is 0.326 e. The lowest BCUT2D eigenvalue weighted by Gasteiger charge is -2.14. The van der Waals surface area contributed by atoms with Crippen molar-refractivity contribution in [3.8, 4) is 0 Å². The Labute approximate surface area is 192 Å². The highest BCUT2D eigenvalue weighted by Gasteiger charge is 2.22. The molecule has 11 heteroatoms. The van der Waals surface area contributed by atoms with Crippen LogP contribution in [0.3, 0.4) is 0 Å². The van der Waals surface area contributed by atoms with E-state index >= 15 is 0 Å². The van der Waals surface area contributed by atoms with Crippen LogP contribution in [-0.4, -0.2) is 45.4 Å². The summed E-state index contributed by atoms with van der Waals surface area (Å²) in [7, 11) is 0. The van der Waals surface area contributed by atoms with E-state index in [1.54, 1.807) is 36.4 Å². The minimum atomic E-state index is -1.31. The molecule has 0 aliphatic rings. The SMILES string of the molecule is Nc1nc2ccc(CCc3ccc(C(=O)N[C@@H](CCC(=O)OC=O)C(=O)O)cc3)cc2c(=O)[nH]1. The third kappa shape index (κ3) is 6.25. The molecule has 0 spiro atoms. The monoisotopic (exact) mass is 466 g/mol. The van der Waals surface area contributed by atoms with Crippen molar-refractivity contribution < 1.29 is 29.0 Å². The van der Waals surface area contributed by atoms with Crippen molar-refractivity contribution in [1.29, 1.82) is 0 Å². The Hall–Kier alpha value is -4.54. The summed E-state index contributed by atoms with van der Waals surface area (Å²) in [6.45, 7) is -0.0363. The zero-order chi connectivity index (χ0) is 24.7. The van der Waals surface area contributed by atoms with Crippen LogP contribution in [0.2, 0.25) is 0 Å². The molecular formula is C23H22N4O7. The lowest BCUT2D eigenvalue weighted by molar-refractivity contribution is -0.151. The first kappa shape index (κ1) is 24.1. The molecule has 2 aromatic carbocycles. The summed E-state index contributed by atoms with van der Waals surface area (Å²) in [5.74, 6) is -2.74. The zero-order valence-corrected chi connectivity index (χ0v) is 17.9.